The van der Waals surface area contributed by atoms with Gasteiger partial charge in [-0.05, 0) is 106 Å². The van der Waals surface area contributed by atoms with E-state index in [4.69, 9.17) is 4.99 Å². The van der Waals surface area contributed by atoms with Gasteiger partial charge in [0.2, 0.25) is 0 Å². The number of hydrogen-bond donors (Lipinski definition) is 1. The zero-order chi connectivity index (χ0) is 34.9. The molecule has 0 radical (unpaired) electrons. The molecule has 1 N–H and O–H groups in total. The summed E-state index contributed by atoms with van der Waals surface area (Å²) in [5.74, 6) is 6.70. The van der Waals surface area contributed by atoms with Gasteiger partial charge in [0.05, 0.1) is 18.3 Å². The van der Waals surface area contributed by atoms with Crippen LogP contribution >= 0.6 is 11.3 Å². The first-order chi connectivity index (χ1) is 25.7. The van der Waals surface area contributed by atoms with E-state index in [9.17, 15) is 0 Å². The van der Waals surface area contributed by atoms with Crippen molar-refractivity contribution in [2.75, 3.05) is 0 Å². The summed E-state index contributed by atoms with van der Waals surface area (Å²) in [4.78, 5) is 17.2. The van der Waals surface area contributed by atoms with Crippen molar-refractivity contribution in [3.63, 3.8) is 0 Å². The molecule has 0 fully saturated rings. The number of thiophene rings is 1. The predicted molar refractivity (Wildman–Crippen MR) is 222 cm³/mol. The van der Waals surface area contributed by atoms with Crippen molar-refractivity contribution >= 4 is 76.5 Å². The fraction of sp³-hybridized carbons (Fsp3) is 0.0851. The number of hydrogen-bond acceptors (Lipinski definition) is 3. The number of nitrogens with one attached hydrogen (secondary N) is 1. The van der Waals surface area contributed by atoms with Gasteiger partial charge in [-0.1, -0.05) is 84.6 Å². The average molecular weight is 687 g/mol. The minimum absolute atomic E-state index is 0.566. The lowest BCUT2D eigenvalue weighted by molar-refractivity contribution is 1.07. The molecule has 0 amide bonds. The van der Waals surface area contributed by atoms with Crippen LogP contribution in [0.5, 0.6) is 0 Å². The quantitative estimate of drug-likeness (QED) is 0.101. The number of aromatic nitrogens is 2. The van der Waals surface area contributed by atoms with Crippen molar-refractivity contribution < 1.29 is 0 Å². The summed E-state index contributed by atoms with van der Waals surface area (Å²) in [5, 5.41) is 5.01. The lowest BCUT2D eigenvalue weighted by Crippen LogP contribution is -1.97. The molecule has 248 valence electrons. The van der Waals surface area contributed by atoms with Gasteiger partial charge >= 0.3 is 0 Å². The Kier molecular flexibility index (Phi) is 8.36. The second kappa shape index (κ2) is 13.8. The van der Waals surface area contributed by atoms with E-state index in [0.29, 0.717) is 13.0 Å². The second-order valence-electron chi connectivity index (χ2n) is 13.1. The van der Waals surface area contributed by atoms with Gasteiger partial charge in [0.25, 0.3) is 0 Å². The molecule has 0 unspecified atom stereocenters. The van der Waals surface area contributed by atoms with E-state index in [-0.39, 0.29) is 0 Å². The van der Waals surface area contributed by atoms with Crippen LogP contribution in [0.4, 0.5) is 0 Å². The van der Waals surface area contributed by atoms with Crippen molar-refractivity contribution in [3.05, 3.63) is 162 Å². The molecule has 1 aliphatic carbocycles. The minimum atomic E-state index is 0.566. The molecule has 52 heavy (non-hydrogen) atoms. The molecule has 5 heteroatoms. The molecule has 0 aliphatic heterocycles. The second-order valence-corrected chi connectivity index (χ2v) is 14.2. The third kappa shape index (κ3) is 6.26. The maximum Gasteiger partial charge on any atom is 0.110 e. The van der Waals surface area contributed by atoms with Gasteiger partial charge in [0.1, 0.15) is 6.34 Å². The fourth-order valence-electron chi connectivity index (χ4n) is 7.05. The van der Waals surface area contributed by atoms with Crippen LogP contribution < -0.4 is 0 Å². The lowest BCUT2D eigenvalue weighted by Gasteiger charge is -2.11. The maximum absolute atomic E-state index is 4.74. The number of aromatic amines is 1. The Bertz CT molecular complexity index is 2850. The van der Waals surface area contributed by atoms with Gasteiger partial charge < -0.3 is 4.98 Å². The Balaban J connectivity index is 0.929. The SMILES string of the molecule is CC(=NC=NCc1cccc(-c2ccc3sc4ccccc4c3c2)c1)c1cccc(/C2=C/C(c3ccc4[nH]c5cnccc5c4c3)=C\CC#CC2)c1. The van der Waals surface area contributed by atoms with E-state index in [1.807, 2.05) is 30.7 Å². The predicted octanol–water partition coefficient (Wildman–Crippen LogP) is 12.1. The Hall–Kier alpha value is -6.35. The number of nitrogens with zero attached hydrogens (tertiary/aromatic N) is 3. The number of allylic oxidation sites excluding steroid dienone is 4. The summed E-state index contributed by atoms with van der Waals surface area (Å²) in [7, 11) is 0. The van der Waals surface area contributed by atoms with Gasteiger partial charge in [0.15, 0.2) is 0 Å². The highest BCUT2D eigenvalue weighted by molar-refractivity contribution is 7.25. The van der Waals surface area contributed by atoms with Gasteiger partial charge in [-0.15, -0.1) is 11.3 Å². The minimum Gasteiger partial charge on any atom is -0.353 e. The fourth-order valence-corrected chi connectivity index (χ4v) is 8.14. The molecule has 0 bridgehead atoms. The van der Waals surface area contributed by atoms with Gasteiger partial charge in [-0.2, -0.15) is 0 Å². The zero-order valence-electron chi connectivity index (χ0n) is 28.7. The van der Waals surface area contributed by atoms with Crippen LogP contribution in [0.25, 0.3) is 64.3 Å². The van der Waals surface area contributed by atoms with E-state index in [0.717, 1.165) is 39.9 Å². The third-order valence-corrected chi connectivity index (χ3v) is 10.9. The molecule has 4 nitrogen and oxygen atoms in total. The van der Waals surface area contributed by atoms with Crippen molar-refractivity contribution in [2.24, 2.45) is 9.98 Å². The normalized spacial score (nSPS) is 15.7. The van der Waals surface area contributed by atoms with Crippen LogP contribution in [-0.2, 0) is 6.54 Å². The first-order valence-corrected chi connectivity index (χ1v) is 18.3. The Morgan fingerprint density at radius 2 is 1.60 bits per heavy atom. The molecular weight excluding hydrogens is 653 g/mol. The summed E-state index contributed by atoms with van der Waals surface area (Å²) in [6.07, 6.45) is 11.4. The standard InChI is InChI=1S/C47H34N4S/c1-31(50-30-49-28-32-9-7-13-34(23-32)39-18-20-47-43(27-39)41-15-5-6-16-46(41)52-47)33-12-8-14-37(24-33)35-10-3-2-4-11-36(25-35)38-17-19-44-42(26-38)40-21-22-48-29-45(40)51-44/h5-9,11-27,29-30,51H,4,10,28H2,1H3/b35-25+,36-11+,49-30?,50-31?. The highest BCUT2D eigenvalue weighted by Crippen LogP contribution is 2.36. The first-order valence-electron chi connectivity index (χ1n) is 17.5. The highest BCUT2D eigenvalue weighted by atomic mass is 32.1. The molecular formula is C47H34N4S. The summed E-state index contributed by atoms with van der Waals surface area (Å²) in [5.41, 5.74) is 12.4. The van der Waals surface area contributed by atoms with Crippen LogP contribution in [0.15, 0.2) is 150 Å². The third-order valence-electron chi connectivity index (χ3n) is 9.79. The molecule has 3 aromatic heterocycles. The summed E-state index contributed by atoms with van der Waals surface area (Å²) < 4.78 is 2.64. The van der Waals surface area contributed by atoms with Crippen molar-refractivity contribution in [3.8, 4) is 23.0 Å². The molecule has 0 spiro atoms. The average Bonchev–Trinajstić information content (AvgIpc) is 3.74. The Morgan fingerprint density at radius 3 is 2.58 bits per heavy atom. The number of rotatable bonds is 7. The van der Waals surface area contributed by atoms with Gasteiger partial charge in [-0.25, -0.2) is 4.99 Å². The number of H-pyrrole nitrogens is 1. The van der Waals surface area contributed by atoms with Gasteiger partial charge in [0, 0.05) is 61.2 Å². The van der Waals surface area contributed by atoms with E-state index in [1.165, 1.54) is 58.8 Å². The van der Waals surface area contributed by atoms with E-state index in [1.54, 1.807) is 6.34 Å². The molecule has 3 heterocycles. The summed E-state index contributed by atoms with van der Waals surface area (Å²) in [6.45, 7) is 2.61. The highest BCUT2D eigenvalue weighted by Gasteiger charge is 2.11. The molecule has 9 rings (SSSR count). The zero-order valence-corrected chi connectivity index (χ0v) is 29.5. The monoisotopic (exact) mass is 686 g/mol. The van der Waals surface area contributed by atoms with Gasteiger partial charge in [-0.3, -0.25) is 9.98 Å². The van der Waals surface area contributed by atoms with Crippen molar-refractivity contribution in [2.45, 2.75) is 26.3 Å². The smallest absolute Gasteiger partial charge is 0.110 e. The number of fused-ring (bicyclic) bond motifs is 6. The van der Waals surface area contributed by atoms with Crippen molar-refractivity contribution in [1.29, 1.82) is 0 Å². The molecule has 0 atom stereocenters. The lowest BCUT2D eigenvalue weighted by atomic mass is 9.93. The topological polar surface area (TPSA) is 53.4 Å². The van der Waals surface area contributed by atoms with Crippen molar-refractivity contribution in [1.82, 2.24) is 9.97 Å². The first kappa shape index (κ1) is 31.6. The molecule has 8 aromatic rings. The van der Waals surface area contributed by atoms with E-state index >= 15 is 0 Å². The number of pyridine rings is 1. The van der Waals surface area contributed by atoms with Crippen LogP contribution in [0.3, 0.4) is 0 Å². The molecule has 0 saturated heterocycles. The number of aliphatic imine (C=N–C) groups is 2. The maximum atomic E-state index is 4.74. The van der Waals surface area contributed by atoms with Crippen LogP contribution in [0.1, 0.15) is 42.0 Å². The molecule has 0 saturated carbocycles. The molecule has 1 aliphatic rings. The van der Waals surface area contributed by atoms with E-state index < -0.39 is 0 Å². The Morgan fingerprint density at radius 1 is 0.750 bits per heavy atom. The van der Waals surface area contributed by atoms with E-state index in [2.05, 4.69) is 154 Å². The van der Waals surface area contributed by atoms with Crippen LogP contribution in [-0.4, -0.2) is 22.0 Å². The van der Waals surface area contributed by atoms with Crippen LogP contribution in [0, 0.1) is 11.8 Å². The summed E-state index contributed by atoms with van der Waals surface area (Å²) in [6, 6.07) is 41.4. The number of benzene rings is 5. The molecule has 5 aromatic carbocycles. The van der Waals surface area contributed by atoms with Crippen LogP contribution in [0.2, 0.25) is 0 Å². The Labute approximate surface area is 306 Å². The largest absolute Gasteiger partial charge is 0.353 e. The summed E-state index contributed by atoms with van der Waals surface area (Å²) >= 11 is 1.85.